The van der Waals surface area contributed by atoms with E-state index in [-0.39, 0.29) is 11.8 Å². The minimum absolute atomic E-state index is 0.209. The van der Waals surface area contributed by atoms with Crippen molar-refractivity contribution in [1.29, 1.82) is 0 Å². The Labute approximate surface area is 161 Å². The van der Waals surface area contributed by atoms with E-state index in [1.165, 1.54) is 12.8 Å². The van der Waals surface area contributed by atoms with Crippen LogP contribution in [0.25, 0.3) is 0 Å². The van der Waals surface area contributed by atoms with Crippen molar-refractivity contribution in [2.75, 3.05) is 45.8 Å². The zero-order valence-electron chi connectivity index (χ0n) is 16.1. The Kier molecular flexibility index (Phi) is 7.24. The van der Waals surface area contributed by atoms with Crippen LogP contribution in [0.3, 0.4) is 0 Å². The van der Waals surface area contributed by atoms with Crippen LogP contribution in [0.15, 0.2) is 30.3 Å². The summed E-state index contributed by atoms with van der Waals surface area (Å²) >= 11 is 0. The number of carbonyl (C=O) groups excluding carboxylic acids is 2. The number of likely N-dealkylation sites (tertiary alicyclic amines) is 1. The Balaban J connectivity index is 1.42. The SMILES string of the molecule is O=C(CN1CCN(C(=O)[C@@H](O)Cc2ccccc2)CC1)N1CCCCCC1. The molecule has 2 aliphatic rings. The van der Waals surface area contributed by atoms with E-state index in [1.807, 2.05) is 35.2 Å². The smallest absolute Gasteiger partial charge is 0.251 e. The molecular formula is C21H31N3O3. The molecule has 0 aliphatic carbocycles. The van der Waals surface area contributed by atoms with Crippen LogP contribution < -0.4 is 0 Å². The maximum atomic E-state index is 12.5. The van der Waals surface area contributed by atoms with E-state index in [0.29, 0.717) is 39.1 Å². The van der Waals surface area contributed by atoms with Crippen LogP contribution in [0.4, 0.5) is 0 Å². The molecule has 2 heterocycles. The normalized spacial score (nSPS) is 20.2. The molecule has 2 aliphatic heterocycles. The average Bonchev–Trinajstić information content (AvgIpc) is 2.98. The molecule has 6 heteroatoms. The Morgan fingerprint density at radius 3 is 2.11 bits per heavy atom. The number of hydrogen-bond donors (Lipinski definition) is 1. The number of carbonyl (C=O) groups is 2. The average molecular weight is 373 g/mol. The fourth-order valence-electron chi connectivity index (χ4n) is 3.87. The van der Waals surface area contributed by atoms with Crippen molar-refractivity contribution >= 4 is 11.8 Å². The molecular weight excluding hydrogens is 342 g/mol. The molecule has 0 saturated carbocycles. The van der Waals surface area contributed by atoms with Gasteiger partial charge >= 0.3 is 0 Å². The van der Waals surface area contributed by atoms with Gasteiger partial charge in [0.25, 0.3) is 5.91 Å². The minimum atomic E-state index is -1.00. The molecule has 3 rings (SSSR count). The molecule has 148 valence electrons. The van der Waals surface area contributed by atoms with Crippen molar-refractivity contribution in [1.82, 2.24) is 14.7 Å². The summed E-state index contributed by atoms with van der Waals surface area (Å²) in [5, 5.41) is 10.3. The summed E-state index contributed by atoms with van der Waals surface area (Å²) < 4.78 is 0. The predicted molar refractivity (Wildman–Crippen MR) is 104 cm³/mol. The molecule has 0 spiro atoms. The van der Waals surface area contributed by atoms with Crippen LogP contribution in [0.5, 0.6) is 0 Å². The van der Waals surface area contributed by atoms with E-state index in [0.717, 1.165) is 31.5 Å². The number of amides is 2. The lowest BCUT2D eigenvalue weighted by atomic mass is 10.1. The monoisotopic (exact) mass is 373 g/mol. The molecule has 0 unspecified atom stereocenters. The van der Waals surface area contributed by atoms with Gasteiger partial charge in [-0.05, 0) is 18.4 Å². The van der Waals surface area contributed by atoms with Crippen LogP contribution in [0.2, 0.25) is 0 Å². The van der Waals surface area contributed by atoms with Crippen molar-refractivity contribution in [2.45, 2.75) is 38.2 Å². The highest BCUT2D eigenvalue weighted by Crippen LogP contribution is 2.12. The first-order valence-electron chi connectivity index (χ1n) is 10.1. The van der Waals surface area contributed by atoms with E-state index < -0.39 is 6.10 Å². The zero-order chi connectivity index (χ0) is 19.1. The molecule has 27 heavy (non-hydrogen) atoms. The van der Waals surface area contributed by atoms with E-state index in [9.17, 15) is 14.7 Å². The summed E-state index contributed by atoms with van der Waals surface area (Å²) in [5.74, 6) is -0.00173. The van der Waals surface area contributed by atoms with Crippen LogP contribution in [0, 0.1) is 0 Å². The molecule has 0 bridgehead atoms. The highest BCUT2D eigenvalue weighted by atomic mass is 16.3. The second-order valence-corrected chi connectivity index (χ2v) is 7.60. The lowest BCUT2D eigenvalue weighted by Crippen LogP contribution is -2.53. The Morgan fingerprint density at radius 1 is 0.852 bits per heavy atom. The van der Waals surface area contributed by atoms with E-state index >= 15 is 0 Å². The lowest BCUT2D eigenvalue weighted by Gasteiger charge is -2.36. The summed E-state index contributed by atoms with van der Waals surface area (Å²) in [4.78, 5) is 30.9. The first kappa shape index (κ1) is 19.8. The number of benzene rings is 1. The van der Waals surface area contributed by atoms with Gasteiger partial charge in [0.1, 0.15) is 6.10 Å². The molecule has 2 saturated heterocycles. The number of aliphatic hydroxyl groups excluding tert-OH is 1. The highest BCUT2D eigenvalue weighted by molar-refractivity contribution is 5.81. The highest BCUT2D eigenvalue weighted by Gasteiger charge is 2.27. The number of hydrogen-bond acceptors (Lipinski definition) is 4. The molecule has 2 fully saturated rings. The molecule has 1 atom stereocenters. The van der Waals surface area contributed by atoms with Gasteiger partial charge in [0.15, 0.2) is 0 Å². The van der Waals surface area contributed by atoms with E-state index in [1.54, 1.807) is 4.90 Å². The van der Waals surface area contributed by atoms with E-state index in [4.69, 9.17) is 0 Å². The van der Waals surface area contributed by atoms with Crippen molar-refractivity contribution in [3.05, 3.63) is 35.9 Å². The largest absolute Gasteiger partial charge is 0.383 e. The number of rotatable bonds is 5. The van der Waals surface area contributed by atoms with Gasteiger partial charge < -0.3 is 14.9 Å². The Bertz CT molecular complexity index is 606. The van der Waals surface area contributed by atoms with Crippen molar-refractivity contribution in [2.24, 2.45) is 0 Å². The summed E-state index contributed by atoms with van der Waals surface area (Å²) in [6, 6.07) is 9.58. The topological polar surface area (TPSA) is 64.1 Å². The molecule has 1 aromatic rings. The molecule has 6 nitrogen and oxygen atoms in total. The Hall–Kier alpha value is -1.92. The van der Waals surface area contributed by atoms with Gasteiger partial charge in [-0.2, -0.15) is 0 Å². The first-order chi connectivity index (χ1) is 13.1. The van der Waals surface area contributed by atoms with Gasteiger partial charge in [-0.1, -0.05) is 43.2 Å². The van der Waals surface area contributed by atoms with Gasteiger partial charge in [0.05, 0.1) is 6.54 Å². The van der Waals surface area contributed by atoms with Crippen LogP contribution in [0.1, 0.15) is 31.2 Å². The van der Waals surface area contributed by atoms with Crippen molar-refractivity contribution in [3.63, 3.8) is 0 Å². The predicted octanol–water partition coefficient (Wildman–Crippen LogP) is 1.14. The third-order valence-corrected chi connectivity index (χ3v) is 5.56. The van der Waals surface area contributed by atoms with Crippen LogP contribution >= 0.6 is 0 Å². The summed E-state index contributed by atoms with van der Waals surface area (Å²) in [7, 11) is 0. The van der Waals surface area contributed by atoms with Gasteiger partial charge in [-0.15, -0.1) is 0 Å². The molecule has 0 radical (unpaired) electrons. The number of piperazine rings is 1. The molecule has 2 amide bonds. The lowest BCUT2D eigenvalue weighted by molar-refractivity contribution is -0.142. The van der Waals surface area contributed by atoms with E-state index in [2.05, 4.69) is 4.90 Å². The summed E-state index contributed by atoms with van der Waals surface area (Å²) in [5.41, 5.74) is 0.958. The maximum absolute atomic E-state index is 12.5. The van der Waals surface area contributed by atoms with Crippen LogP contribution in [-0.2, 0) is 16.0 Å². The van der Waals surface area contributed by atoms with Crippen LogP contribution in [-0.4, -0.2) is 83.5 Å². The second-order valence-electron chi connectivity index (χ2n) is 7.60. The Morgan fingerprint density at radius 2 is 1.48 bits per heavy atom. The summed E-state index contributed by atoms with van der Waals surface area (Å²) in [6.07, 6.45) is 3.98. The second kappa shape index (κ2) is 9.85. The zero-order valence-corrected chi connectivity index (χ0v) is 16.1. The number of nitrogens with zero attached hydrogens (tertiary/aromatic N) is 3. The van der Waals surface area contributed by atoms with Gasteiger partial charge in [0, 0.05) is 45.7 Å². The van der Waals surface area contributed by atoms with Crippen molar-refractivity contribution < 1.29 is 14.7 Å². The summed E-state index contributed by atoms with van der Waals surface area (Å²) in [6.45, 7) is 4.70. The fraction of sp³-hybridized carbons (Fsp3) is 0.619. The molecule has 1 aromatic carbocycles. The third-order valence-electron chi connectivity index (χ3n) is 5.56. The molecule has 1 N–H and O–H groups in total. The first-order valence-corrected chi connectivity index (χ1v) is 10.1. The third kappa shape index (κ3) is 5.78. The fourth-order valence-corrected chi connectivity index (χ4v) is 3.87. The number of aliphatic hydroxyl groups is 1. The minimum Gasteiger partial charge on any atom is -0.383 e. The quantitative estimate of drug-likeness (QED) is 0.841. The standard InChI is InChI=1S/C21H31N3O3/c25-19(16-18-8-4-3-5-9-18)21(27)24-14-12-22(13-15-24)17-20(26)23-10-6-1-2-7-11-23/h3-5,8-9,19,25H,1-2,6-7,10-17H2/t19-/m0/s1. The molecule has 0 aromatic heterocycles. The van der Waals surface area contributed by atoms with Gasteiger partial charge in [-0.3, -0.25) is 14.5 Å². The van der Waals surface area contributed by atoms with Crippen molar-refractivity contribution in [3.8, 4) is 0 Å². The maximum Gasteiger partial charge on any atom is 0.251 e. The van der Waals surface area contributed by atoms with Gasteiger partial charge in [0.2, 0.25) is 5.91 Å². The van der Waals surface area contributed by atoms with Gasteiger partial charge in [-0.25, -0.2) is 0 Å².